The van der Waals surface area contributed by atoms with Crippen molar-refractivity contribution in [1.82, 2.24) is 10.2 Å². The highest BCUT2D eigenvalue weighted by Gasteiger charge is 2.17. The van der Waals surface area contributed by atoms with Gasteiger partial charge in [-0.2, -0.15) is 11.3 Å². The topological polar surface area (TPSA) is 24.5 Å². The van der Waals surface area contributed by atoms with Crippen LogP contribution in [0.1, 0.15) is 18.4 Å². The van der Waals surface area contributed by atoms with Gasteiger partial charge in [-0.15, -0.1) is 0 Å². The average molecular weight is 268 g/mol. The van der Waals surface area contributed by atoms with Gasteiger partial charge in [0.2, 0.25) is 0 Å². The van der Waals surface area contributed by atoms with Gasteiger partial charge in [0.25, 0.3) is 0 Å². The van der Waals surface area contributed by atoms with Crippen LogP contribution in [0.2, 0.25) is 0 Å². The van der Waals surface area contributed by atoms with Crippen LogP contribution in [0.5, 0.6) is 0 Å². The summed E-state index contributed by atoms with van der Waals surface area (Å²) in [5.74, 6) is 0. The lowest BCUT2D eigenvalue weighted by molar-refractivity contribution is 0.0415. The first-order valence-corrected chi connectivity index (χ1v) is 7.79. The third kappa shape index (κ3) is 4.69. The number of piperidine rings is 1. The Hall–Kier alpha value is -0.420. The van der Waals surface area contributed by atoms with E-state index in [9.17, 15) is 0 Å². The van der Waals surface area contributed by atoms with Crippen LogP contribution in [-0.4, -0.2) is 50.8 Å². The van der Waals surface area contributed by atoms with Gasteiger partial charge in [0.05, 0.1) is 6.10 Å². The summed E-state index contributed by atoms with van der Waals surface area (Å²) in [5.41, 5.74) is 1.45. The van der Waals surface area contributed by atoms with Crippen LogP contribution in [0, 0.1) is 0 Å². The zero-order valence-corrected chi connectivity index (χ0v) is 12.0. The fourth-order valence-corrected chi connectivity index (χ4v) is 3.10. The van der Waals surface area contributed by atoms with Crippen molar-refractivity contribution in [3.63, 3.8) is 0 Å². The normalized spacial score (nSPS) is 18.3. The summed E-state index contributed by atoms with van der Waals surface area (Å²) in [6, 6.07) is 2.21. The minimum atomic E-state index is 0.493. The summed E-state index contributed by atoms with van der Waals surface area (Å²) >= 11 is 1.78. The van der Waals surface area contributed by atoms with Crippen molar-refractivity contribution >= 4 is 11.3 Å². The number of likely N-dealkylation sites (tertiary alicyclic amines) is 1. The predicted molar refractivity (Wildman–Crippen MR) is 77.4 cm³/mol. The molecular formula is C14H24N2OS. The summed E-state index contributed by atoms with van der Waals surface area (Å²) in [6.07, 6.45) is 4.01. The Kier molecular flexibility index (Phi) is 6.14. The molecular weight excluding hydrogens is 244 g/mol. The molecule has 0 aromatic carbocycles. The van der Waals surface area contributed by atoms with Gasteiger partial charge in [-0.3, -0.25) is 0 Å². The second-order valence-corrected chi connectivity index (χ2v) is 5.69. The van der Waals surface area contributed by atoms with E-state index in [2.05, 4.69) is 27.0 Å². The van der Waals surface area contributed by atoms with Gasteiger partial charge in [-0.25, -0.2) is 0 Å². The van der Waals surface area contributed by atoms with Crippen molar-refractivity contribution in [3.8, 4) is 0 Å². The minimum Gasteiger partial charge on any atom is -0.381 e. The van der Waals surface area contributed by atoms with Crippen LogP contribution < -0.4 is 5.32 Å². The SMILES string of the molecule is COC1CCN(CCNCCc2ccsc2)CC1. The van der Waals surface area contributed by atoms with Crippen LogP contribution in [0.25, 0.3) is 0 Å². The first kappa shape index (κ1) is 14.0. The summed E-state index contributed by atoms with van der Waals surface area (Å²) in [7, 11) is 1.83. The molecule has 0 unspecified atom stereocenters. The second kappa shape index (κ2) is 7.89. The second-order valence-electron chi connectivity index (χ2n) is 4.91. The molecule has 2 rings (SSSR count). The van der Waals surface area contributed by atoms with E-state index in [0.29, 0.717) is 6.10 Å². The Labute approximate surface area is 114 Å². The first-order chi connectivity index (χ1) is 8.88. The Morgan fingerprint density at radius 1 is 1.39 bits per heavy atom. The van der Waals surface area contributed by atoms with E-state index in [-0.39, 0.29) is 0 Å². The molecule has 4 heteroatoms. The number of hydrogen-bond donors (Lipinski definition) is 1. The number of thiophene rings is 1. The Morgan fingerprint density at radius 3 is 2.89 bits per heavy atom. The molecule has 1 aliphatic rings. The number of nitrogens with one attached hydrogen (secondary N) is 1. The summed E-state index contributed by atoms with van der Waals surface area (Å²) in [6.45, 7) is 5.72. The van der Waals surface area contributed by atoms with E-state index in [0.717, 1.165) is 19.5 Å². The van der Waals surface area contributed by atoms with Crippen LogP contribution in [-0.2, 0) is 11.2 Å². The molecule has 1 aromatic heterocycles. The average Bonchev–Trinajstić information content (AvgIpc) is 2.92. The molecule has 1 fully saturated rings. The van der Waals surface area contributed by atoms with Crippen LogP contribution in [0.4, 0.5) is 0 Å². The molecule has 18 heavy (non-hydrogen) atoms. The van der Waals surface area contributed by atoms with E-state index in [1.165, 1.54) is 38.0 Å². The van der Waals surface area contributed by atoms with Crippen molar-refractivity contribution in [2.75, 3.05) is 39.8 Å². The van der Waals surface area contributed by atoms with Gasteiger partial charge in [0.1, 0.15) is 0 Å². The standard InChI is InChI=1S/C14H24N2OS/c1-17-14-3-8-16(9-4-14)10-7-15-6-2-13-5-11-18-12-13/h5,11-12,14-15H,2-4,6-10H2,1H3. The fraction of sp³-hybridized carbons (Fsp3) is 0.714. The van der Waals surface area contributed by atoms with Crippen LogP contribution in [0.15, 0.2) is 16.8 Å². The molecule has 2 heterocycles. The molecule has 1 aliphatic heterocycles. The zero-order valence-electron chi connectivity index (χ0n) is 11.2. The van der Waals surface area contributed by atoms with E-state index in [1.54, 1.807) is 11.3 Å². The zero-order chi connectivity index (χ0) is 12.6. The van der Waals surface area contributed by atoms with Crippen molar-refractivity contribution in [2.45, 2.75) is 25.4 Å². The smallest absolute Gasteiger partial charge is 0.0595 e. The van der Waals surface area contributed by atoms with E-state index in [1.807, 2.05) is 7.11 Å². The lowest BCUT2D eigenvalue weighted by Crippen LogP contribution is -2.40. The molecule has 0 saturated carbocycles. The molecule has 0 spiro atoms. The van der Waals surface area contributed by atoms with Crippen molar-refractivity contribution in [3.05, 3.63) is 22.4 Å². The predicted octanol–water partition coefficient (Wildman–Crippen LogP) is 1.99. The molecule has 1 N–H and O–H groups in total. The quantitative estimate of drug-likeness (QED) is 0.766. The fourth-order valence-electron chi connectivity index (χ4n) is 2.40. The third-order valence-electron chi connectivity index (χ3n) is 3.64. The number of nitrogens with zero attached hydrogens (tertiary/aromatic N) is 1. The highest BCUT2D eigenvalue weighted by molar-refractivity contribution is 7.07. The monoisotopic (exact) mass is 268 g/mol. The van der Waals surface area contributed by atoms with Gasteiger partial charge in [0, 0.05) is 33.3 Å². The number of methoxy groups -OCH3 is 1. The van der Waals surface area contributed by atoms with Gasteiger partial charge in [0.15, 0.2) is 0 Å². The molecule has 1 aromatic rings. The highest BCUT2D eigenvalue weighted by Crippen LogP contribution is 2.11. The molecule has 102 valence electrons. The van der Waals surface area contributed by atoms with Crippen molar-refractivity contribution in [1.29, 1.82) is 0 Å². The van der Waals surface area contributed by atoms with Crippen LogP contribution >= 0.6 is 11.3 Å². The summed E-state index contributed by atoms with van der Waals surface area (Å²) in [4.78, 5) is 2.53. The van der Waals surface area contributed by atoms with E-state index in [4.69, 9.17) is 4.74 Å². The minimum absolute atomic E-state index is 0.493. The first-order valence-electron chi connectivity index (χ1n) is 6.85. The van der Waals surface area contributed by atoms with Gasteiger partial charge < -0.3 is 15.0 Å². The lowest BCUT2D eigenvalue weighted by atomic mass is 10.1. The Bertz CT molecular complexity index is 308. The Morgan fingerprint density at radius 2 is 2.22 bits per heavy atom. The maximum absolute atomic E-state index is 5.38. The largest absolute Gasteiger partial charge is 0.381 e. The number of hydrogen-bond acceptors (Lipinski definition) is 4. The van der Waals surface area contributed by atoms with E-state index < -0.39 is 0 Å². The lowest BCUT2D eigenvalue weighted by Gasteiger charge is -2.31. The molecule has 0 amide bonds. The van der Waals surface area contributed by atoms with Gasteiger partial charge in [-0.05, 0) is 48.2 Å². The van der Waals surface area contributed by atoms with Gasteiger partial charge >= 0.3 is 0 Å². The number of ether oxygens (including phenoxy) is 1. The van der Waals surface area contributed by atoms with Crippen molar-refractivity contribution < 1.29 is 4.74 Å². The highest BCUT2D eigenvalue weighted by atomic mass is 32.1. The third-order valence-corrected chi connectivity index (χ3v) is 4.38. The molecule has 0 radical (unpaired) electrons. The summed E-state index contributed by atoms with van der Waals surface area (Å²) < 4.78 is 5.38. The maximum atomic E-state index is 5.38. The molecule has 0 aliphatic carbocycles. The van der Waals surface area contributed by atoms with Crippen LogP contribution in [0.3, 0.4) is 0 Å². The summed E-state index contributed by atoms with van der Waals surface area (Å²) in [5, 5.41) is 7.91. The van der Waals surface area contributed by atoms with E-state index >= 15 is 0 Å². The molecule has 3 nitrogen and oxygen atoms in total. The maximum Gasteiger partial charge on any atom is 0.0595 e. The molecule has 1 saturated heterocycles. The van der Waals surface area contributed by atoms with Gasteiger partial charge in [-0.1, -0.05) is 0 Å². The molecule has 0 bridgehead atoms. The Balaban J connectivity index is 1.48. The number of rotatable bonds is 7. The van der Waals surface area contributed by atoms with Crippen molar-refractivity contribution in [2.24, 2.45) is 0 Å². The molecule has 0 atom stereocenters.